The first kappa shape index (κ1) is 15.9. The maximum atomic E-state index is 12.4. The van der Waals surface area contributed by atoms with Crippen LogP contribution in [0.25, 0.3) is 0 Å². The van der Waals surface area contributed by atoms with Gasteiger partial charge in [-0.1, -0.05) is 45.2 Å². The van der Waals surface area contributed by atoms with E-state index in [1.807, 2.05) is 24.3 Å². The van der Waals surface area contributed by atoms with Gasteiger partial charge in [-0.3, -0.25) is 4.79 Å². The topological polar surface area (TPSA) is 41.1 Å². The Labute approximate surface area is 128 Å². The highest BCUT2D eigenvalue weighted by molar-refractivity contribution is 5.99. The summed E-state index contributed by atoms with van der Waals surface area (Å²) in [7, 11) is 0. The fourth-order valence-electron chi connectivity index (χ4n) is 3.11. The molecule has 0 saturated heterocycles. The first-order chi connectivity index (χ1) is 10.2. The van der Waals surface area contributed by atoms with Crippen LogP contribution in [0, 0.1) is 11.8 Å². The summed E-state index contributed by atoms with van der Waals surface area (Å²) in [5.74, 6) is 1.41. The molecule has 21 heavy (non-hydrogen) atoms. The van der Waals surface area contributed by atoms with Gasteiger partial charge in [0.25, 0.3) is 5.91 Å². The van der Waals surface area contributed by atoms with Gasteiger partial charge in [0.1, 0.15) is 0 Å². The number of hydrogen-bond acceptors (Lipinski definition) is 2. The fraction of sp³-hybridized carbons (Fsp3) is 0.611. The van der Waals surface area contributed by atoms with Crippen LogP contribution < -0.4 is 10.6 Å². The Bertz CT molecular complexity index is 458. The summed E-state index contributed by atoms with van der Waals surface area (Å²) in [6, 6.07) is 7.78. The Balaban J connectivity index is 1.93. The molecule has 3 nitrogen and oxygen atoms in total. The monoisotopic (exact) mass is 288 g/mol. The van der Waals surface area contributed by atoms with E-state index < -0.39 is 0 Å². The van der Waals surface area contributed by atoms with Gasteiger partial charge in [-0.05, 0) is 36.8 Å². The van der Waals surface area contributed by atoms with Crippen molar-refractivity contribution < 1.29 is 4.79 Å². The Morgan fingerprint density at radius 1 is 1.24 bits per heavy atom. The number of carbonyl (C=O) groups is 1. The van der Waals surface area contributed by atoms with Crippen LogP contribution in [0.2, 0.25) is 0 Å². The van der Waals surface area contributed by atoms with E-state index in [9.17, 15) is 4.79 Å². The maximum absolute atomic E-state index is 12.4. The van der Waals surface area contributed by atoms with Crippen molar-refractivity contribution in [1.82, 2.24) is 5.32 Å². The summed E-state index contributed by atoms with van der Waals surface area (Å²) in [4.78, 5) is 12.4. The number of amides is 1. The minimum absolute atomic E-state index is 0.0481. The van der Waals surface area contributed by atoms with Gasteiger partial charge in [-0.15, -0.1) is 0 Å². The molecule has 116 valence electrons. The Hall–Kier alpha value is -1.51. The lowest BCUT2D eigenvalue weighted by molar-refractivity contribution is 0.0937. The third-order valence-electron chi connectivity index (χ3n) is 4.55. The molecule has 2 unspecified atom stereocenters. The molecule has 1 aliphatic carbocycles. The zero-order valence-electron chi connectivity index (χ0n) is 13.3. The summed E-state index contributed by atoms with van der Waals surface area (Å²) in [5, 5.41) is 6.47. The van der Waals surface area contributed by atoms with E-state index in [-0.39, 0.29) is 5.91 Å². The average molecular weight is 288 g/mol. The molecule has 0 bridgehead atoms. The van der Waals surface area contributed by atoms with Gasteiger partial charge in [-0.2, -0.15) is 0 Å². The van der Waals surface area contributed by atoms with E-state index in [0.717, 1.165) is 36.7 Å². The molecule has 2 N–H and O–H groups in total. The van der Waals surface area contributed by atoms with Crippen LogP contribution in [0.1, 0.15) is 56.3 Å². The summed E-state index contributed by atoms with van der Waals surface area (Å²) < 4.78 is 0. The summed E-state index contributed by atoms with van der Waals surface area (Å²) in [5.41, 5.74) is 1.70. The van der Waals surface area contributed by atoms with E-state index in [1.165, 1.54) is 25.7 Å². The van der Waals surface area contributed by atoms with Crippen molar-refractivity contribution >= 4 is 11.6 Å². The zero-order valence-corrected chi connectivity index (χ0v) is 13.3. The van der Waals surface area contributed by atoms with Crippen LogP contribution in [0.4, 0.5) is 5.69 Å². The number of benzene rings is 1. The van der Waals surface area contributed by atoms with Crippen molar-refractivity contribution in [2.45, 2.75) is 46.0 Å². The van der Waals surface area contributed by atoms with E-state index >= 15 is 0 Å². The van der Waals surface area contributed by atoms with E-state index in [2.05, 4.69) is 24.5 Å². The highest BCUT2D eigenvalue weighted by Crippen LogP contribution is 2.29. The van der Waals surface area contributed by atoms with Gasteiger partial charge in [0, 0.05) is 18.8 Å². The predicted molar refractivity (Wildman–Crippen MR) is 88.7 cm³/mol. The molecular formula is C18H28N2O. The minimum Gasteiger partial charge on any atom is -0.384 e. The number of anilines is 1. The fourth-order valence-corrected chi connectivity index (χ4v) is 3.11. The largest absolute Gasteiger partial charge is 0.384 e. The molecule has 2 atom stereocenters. The van der Waals surface area contributed by atoms with E-state index in [1.54, 1.807) is 0 Å². The number of nitrogens with one attached hydrogen (secondary N) is 2. The second-order valence-electron chi connectivity index (χ2n) is 6.20. The van der Waals surface area contributed by atoms with Gasteiger partial charge in [0.15, 0.2) is 0 Å². The SMILES string of the molecule is CCCNc1ccccc1C(=O)NCC1CCCCC1C. The normalized spacial score (nSPS) is 21.8. The lowest BCUT2D eigenvalue weighted by Gasteiger charge is -2.28. The van der Waals surface area contributed by atoms with Crippen molar-refractivity contribution in [3.8, 4) is 0 Å². The average Bonchev–Trinajstić information content (AvgIpc) is 2.52. The van der Waals surface area contributed by atoms with Gasteiger partial charge in [-0.25, -0.2) is 0 Å². The number of hydrogen-bond donors (Lipinski definition) is 2. The van der Waals surface area contributed by atoms with Crippen molar-refractivity contribution in [2.24, 2.45) is 11.8 Å². The molecular weight excluding hydrogens is 260 g/mol. The highest BCUT2D eigenvalue weighted by atomic mass is 16.1. The van der Waals surface area contributed by atoms with Crippen molar-refractivity contribution in [2.75, 3.05) is 18.4 Å². The molecule has 1 aromatic rings. The number of para-hydroxylation sites is 1. The van der Waals surface area contributed by atoms with Gasteiger partial charge >= 0.3 is 0 Å². The summed E-state index contributed by atoms with van der Waals surface area (Å²) in [6.07, 6.45) is 6.25. The molecule has 3 heteroatoms. The molecule has 1 saturated carbocycles. The van der Waals surface area contributed by atoms with Gasteiger partial charge in [0.2, 0.25) is 0 Å². The van der Waals surface area contributed by atoms with E-state index in [4.69, 9.17) is 0 Å². The Kier molecular flexibility index (Phi) is 6.09. The second-order valence-corrected chi connectivity index (χ2v) is 6.20. The van der Waals surface area contributed by atoms with Gasteiger partial charge < -0.3 is 10.6 Å². The first-order valence-electron chi connectivity index (χ1n) is 8.33. The molecule has 0 radical (unpaired) electrons. The predicted octanol–water partition coefficient (Wildman–Crippen LogP) is 4.06. The van der Waals surface area contributed by atoms with Crippen LogP contribution in [0.15, 0.2) is 24.3 Å². The second kappa shape index (κ2) is 8.06. The molecule has 1 fully saturated rings. The third-order valence-corrected chi connectivity index (χ3v) is 4.55. The molecule has 1 aliphatic rings. The molecule has 1 amide bonds. The Morgan fingerprint density at radius 2 is 2.00 bits per heavy atom. The first-order valence-corrected chi connectivity index (χ1v) is 8.33. The van der Waals surface area contributed by atoms with Gasteiger partial charge in [0.05, 0.1) is 5.56 Å². The van der Waals surface area contributed by atoms with Crippen molar-refractivity contribution in [3.63, 3.8) is 0 Å². The van der Waals surface area contributed by atoms with Crippen LogP contribution in [0.3, 0.4) is 0 Å². The molecule has 1 aromatic carbocycles. The lowest BCUT2D eigenvalue weighted by atomic mass is 9.80. The molecule has 0 heterocycles. The summed E-state index contributed by atoms with van der Waals surface area (Å²) >= 11 is 0. The quantitative estimate of drug-likeness (QED) is 0.828. The zero-order chi connectivity index (χ0) is 15.1. The molecule has 2 rings (SSSR count). The summed E-state index contributed by atoms with van der Waals surface area (Å²) in [6.45, 7) is 6.14. The molecule has 0 aliphatic heterocycles. The highest BCUT2D eigenvalue weighted by Gasteiger charge is 2.22. The van der Waals surface area contributed by atoms with Crippen LogP contribution >= 0.6 is 0 Å². The van der Waals surface area contributed by atoms with Crippen molar-refractivity contribution in [3.05, 3.63) is 29.8 Å². The maximum Gasteiger partial charge on any atom is 0.253 e. The number of carbonyl (C=O) groups excluding carboxylic acids is 1. The third kappa shape index (κ3) is 4.48. The Morgan fingerprint density at radius 3 is 2.76 bits per heavy atom. The standard InChI is InChI=1S/C18H28N2O/c1-3-12-19-17-11-7-6-10-16(17)18(21)20-13-15-9-5-4-8-14(15)2/h6-7,10-11,14-15,19H,3-5,8-9,12-13H2,1-2H3,(H,20,21). The van der Waals surface area contributed by atoms with E-state index in [0.29, 0.717) is 5.92 Å². The molecule has 0 aromatic heterocycles. The van der Waals surface area contributed by atoms with Crippen LogP contribution in [0.5, 0.6) is 0 Å². The van der Waals surface area contributed by atoms with Crippen LogP contribution in [-0.4, -0.2) is 19.0 Å². The number of rotatable bonds is 6. The smallest absolute Gasteiger partial charge is 0.253 e. The lowest BCUT2D eigenvalue weighted by Crippen LogP contribution is -2.33. The molecule has 0 spiro atoms. The van der Waals surface area contributed by atoms with Crippen molar-refractivity contribution in [1.29, 1.82) is 0 Å². The minimum atomic E-state index is 0.0481. The van der Waals surface area contributed by atoms with Crippen LogP contribution in [-0.2, 0) is 0 Å².